The van der Waals surface area contributed by atoms with E-state index in [1.54, 1.807) is 12.1 Å². The van der Waals surface area contributed by atoms with E-state index in [-0.39, 0.29) is 5.82 Å². The molecular weight excluding hydrogens is 445 g/mol. The summed E-state index contributed by atoms with van der Waals surface area (Å²) in [4.78, 5) is 26.6. The third-order valence-electron chi connectivity index (χ3n) is 6.23. The van der Waals surface area contributed by atoms with Gasteiger partial charge in [0.05, 0.1) is 23.7 Å². The smallest absolute Gasteiger partial charge is 0.329 e. The Labute approximate surface area is 205 Å². The van der Waals surface area contributed by atoms with Crippen LogP contribution in [0.15, 0.2) is 48.5 Å². The number of ether oxygens (including phenoxy) is 1. The lowest BCUT2D eigenvalue weighted by Crippen LogP contribution is -2.47. The number of nitriles is 1. The molecule has 182 valence electrons. The fraction of sp³-hybridized carbons (Fsp3) is 0.407. The third-order valence-corrected chi connectivity index (χ3v) is 6.23. The molecule has 0 N–H and O–H groups in total. The molecule has 0 amide bonds. The lowest BCUT2D eigenvalue weighted by atomic mass is 10.1. The Kier molecular flexibility index (Phi) is 8.09. The van der Waals surface area contributed by atoms with Gasteiger partial charge in [0, 0.05) is 31.9 Å². The van der Waals surface area contributed by atoms with Gasteiger partial charge in [-0.3, -0.25) is 4.79 Å². The fourth-order valence-electron chi connectivity index (χ4n) is 4.27. The first-order valence-electron chi connectivity index (χ1n) is 12.2. The second-order valence-electron chi connectivity index (χ2n) is 8.66. The highest BCUT2D eigenvalue weighted by atomic mass is 19.1. The molecule has 1 unspecified atom stereocenters. The predicted octanol–water partition coefficient (Wildman–Crippen LogP) is 4.83. The maximum atomic E-state index is 13.3. The summed E-state index contributed by atoms with van der Waals surface area (Å²) in [5.41, 5.74) is 2.63. The van der Waals surface area contributed by atoms with E-state index in [1.807, 2.05) is 24.3 Å². The number of unbranched alkanes of at least 4 members (excludes halogenated alkanes) is 3. The highest BCUT2D eigenvalue weighted by Gasteiger charge is 2.31. The third kappa shape index (κ3) is 5.86. The number of esters is 1. The molecule has 35 heavy (non-hydrogen) atoms. The lowest BCUT2D eigenvalue weighted by Gasteiger charge is -2.37. The van der Waals surface area contributed by atoms with Gasteiger partial charge in [0.2, 0.25) is 0 Å². The van der Waals surface area contributed by atoms with Gasteiger partial charge in [-0.2, -0.15) is 5.26 Å². The van der Waals surface area contributed by atoms with Crippen LogP contribution in [-0.2, 0) is 9.53 Å². The van der Waals surface area contributed by atoms with Crippen LogP contribution in [0.4, 0.5) is 15.9 Å². The molecule has 0 spiro atoms. The second kappa shape index (κ2) is 11.6. The number of piperazine rings is 1. The zero-order chi connectivity index (χ0) is 24.6. The molecule has 0 bridgehead atoms. The molecule has 1 aromatic heterocycles. The molecular formula is C27H30FN5O2. The quantitative estimate of drug-likeness (QED) is 0.324. The topological polar surface area (TPSA) is 82.3 Å². The molecule has 7 nitrogen and oxygen atoms in total. The van der Waals surface area contributed by atoms with E-state index in [0.29, 0.717) is 55.3 Å². The summed E-state index contributed by atoms with van der Waals surface area (Å²) in [6, 6.07) is 16.0. The zero-order valence-electron chi connectivity index (χ0n) is 20.0. The van der Waals surface area contributed by atoms with Gasteiger partial charge >= 0.3 is 5.97 Å². The molecule has 0 saturated carbocycles. The number of anilines is 2. The number of aromatic nitrogens is 2. The van der Waals surface area contributed by atoms with E-state index in [9.17, 15) is 14.4 Å². The summed E-state index contributed by atoms with van der Waals surface area (Å²) in [6.07, 6.45) is 3.95. The molecule has 0 radical (unpaired) electrons. The van der Waals surface area contributed by atoms with Gasteiger partial charge < -0.3 is 14.5 Å². The van der Waals surface area contributed by atoms with Gasteiger partial charge in [-0.05, 0) is 42.8 Å². The Bertz CT molecular complexity index is 1190. The first kappa shape index (κ1) is 24.4. The summed E-state index contributed by atoms with van der Waals surface area (Å²) in [6.45, 7) is 5.06. The average molecular weight is 476 g/mol. The maximum Gasteiger partial charge on any atom is 0.329 e. The van der Waals surface area contributed by atoms with Crippen LogP contribution in [-0.4, -0.2) is 48.7 Å². The van der Waals surface area contributed by atoms with E-state index in [0.717, 1.165) is 31.4 Å². The number of hydrogen-bond acceptors (Lipinski definition) is 7. The van der Waals surface area contributed by atoms with Crippen LogP contribution in [0.3, 0.4) is 0 Å². The highest BCUT2D eigenvalue weighted by Crippen LogP contribution is 2.29. The van der Waals surface area contributed by atoms with Crippen molar-refractivity contribution in [1.82, 2.24) is 9.97 Å². The molecule has 4 rings (SSSR count). The number of nitrogens with zero attached hydrogens (tertiary/aromatic N) is 5. The second-order valence-corrected chi connectivity index (χ2v) is 8.66. The highest BCUT2D eigenvalue weighted by molar-refractivity contribution is 5.85. The van der Waals surface area contributed by atoms with Gasteiger partial charge in [0.15, 0.2) is 11.7 Å². The Hall–Kier alpha value is -3.73. The van der Waals surface area contributed by atoms with E-state index in [1.165, 1.54) is 12.1 Å². The molecule has 3 aromatic rings. The number of hydrogen-bond donors (Lipinski definition) is 0. The monoisotopic (exact) mass is 475 g/mol. The maximum absolute atomic E-state index is 13.3. The molecule has 1 aliphatic rings. The summed E-state index contributed by atoms with van der Waals surface area (Å²) < 4.78 is 18.8. The lowest BCUT2D eigenvalue weighted by molar-refractivity contribution is -0.144. The van der Waals surface area contributed by atoms with Crippen molar-refractivity contribution in [1.29, 1.82) is 5.26 Å². The first-order valence-corrected chi connectivity index (χ1v) is 12.2. The average Bonchev–Trinajstić information content (AvgIpc) is 2.89. The van der Waals surface area contributed by atoms with E-state index in [2.05, 4.69) is 22.8 Å². The van der Waals surface area contributed by atoms with Crippen molar-refractivity contribution in [2.24, 2.45) is 0 Å². The van der Waals surface area contributed by atoms with E-state index < -0.39 is 11.9 Å². The van der Waals surface area contributed by atoms with Crippen molar-refractivity contribution in [3.05, 3.63) is 60.0 Å². The molecule has 1 aliphatic heterocycles. The molecule has 1 fully saturated rings. The number of para-hydroxylation sites is 2. The van der Waals surface area contributed by atoms with Crippen LogP contribution in [0.2, 0.25) is 0 Å². The summed E-state index contributed by atoms with van der Waals surface area (Å²) in [5, 5.41) is 9.92. The standard InChI is InChI=1S/C27H30FN5O2/c1-2-3-4-7-18-35-27(34)22(19-29)25-26(31-24-9-6-5-8-23(24)30-25)33-16-14-32(15-17-33)21-12-10-20(28)11-13-21/h5-6,8-13,22H,2-4,7,14-18H2,1H3. The number of benzene rings is 2. The number of fused-ring (bicyclic) bond motifs is 1. The van der Waals surface area contributed by atoms with Crippen molar-refractivity contribution >= 4 is 28.5 Å². The SMILES string of the molecule is CCCCCCOC(=O)C(C#N)c1nc2ccccc2nc1N1CCN(c2ccc(F)cc2)CC1. The largest absolute Gasteiger partial charge is 0.464 e. The van der Waals surface area contributed by atoms with E-state index >= 15 is 0 Å². The van der Waals surface area contributed by atoms with Crippen molar-refractivity contribution in [3.8, 4) is 6.07 Å². The summed E-state index contributed by atoms with van der Waals surface area (Å²) >= 11 is 0. The van der Waals surface area contributed by atoms with Crippen LogP contribution in [0.5, 0.6) is 0 Å². The molecule has 8 heteroatoms. The molecule has 1 atom stereocenters. The van der Waals surface area contributed by atoms with Crippen LogP contribution < -0.4 is 9.80 Å². The minimum absolute atomic E-state index is 0.261. The Morgan fingerprint density at radius 2 is 1.66 bits per heavy atom. The predicted molar refractivity (Wildman–Crippen MR) is 134 cm³/mol. The van der Waals surface area contributed by atoms with E-state index in [4.69, 9.17) is 14.7 Å². The van der Waals surface area contributed by atoms with Crippen LogP contribution >= 0.6 is 0 Å². The summed E-state index contributed by atoms with van der Waals surface area (Å²) in [5.74, 6) is -1.46. The van der Waals surface area contributed by atoms with Crippen LogP contribution in [0, 0.1) is 17.1 Å². The number of rotatable bonds is 9. The van der Waals surface area contributed by atoms with Crippen LogP contribution in [0.25, 0.3) is 11.0 Å². The van der Waals surface area contributed by atoms with Gasteiger partial charge in [0.25, 0.3) is 0 Å². The Morgan fingerprint density at radius 3 is 2.31 bits per heavy atom. The summed E-state index contributed by atoms with van der Waals surface area (Å²) in [7, 11) is 0. The van der Waals surface area contributed by atoms with Gasteiger partial charge in [0.1, 0.15) is 11.5 Å². The van der Waals surface area contributed by atoms with Crippen LogP contribution in [0.1, 0.15) is 44.2 Å². The number of halogens is 1. The van der Waals surface area contributed by atoms with Crippen molar-refractivity contribution in [2.75, 3.05) is 42.6 Å². The first-order chi connectivity index (χ1) is 17.1. The molecule has 1 saturated heterocycles. The zero-order valence-corrected chi connectivity index (χ0v) is 20.0. The molecule has 2 aromatic carbocycles. The van der Waals surface area contributed by atoms with Gasteiger partial charge in [-0.1, -0.05) is 38.3 Å². The molecule has 0 aliphatic carbocycles. The number of carbonyl (C=O) groups is 1. The number of carbonyl (C=O) groups excluding carboxylic acids is 1. The van der Waals surface area contributed by atoms with Crippen molar-refractivity contribution in [2.45, 2.75) is 38.5 Å². The van der Waals surface area contributed by atoms with Crippen molar-refractivity contribution in [3.63, 3.8) is 0 Å². The van der Waals surface area contributed by atoms with Gasteiger partial charge in [-0.25, -0.2) is 14.4 Å². The Morgan fingerprint density at radius 1 is 1.00 bits per heavy atom. The Balaban J connectivity index is 1.56. The normalized spacial score (nSPS) is 14.5. The minimum Gasteiger partial charge on any atom is -0.464 e. The minimum atomic E-state index is -1.15. The van der Waals surface area contributed by atoms with Crippen molar-refractivity contribution < 1.29 is 13.9 Å². The molecule has 2 heterocycles. The fourth-order valence-corrected chi connectivity index (χ4v) is 4.27. The van der Waals surface area contributed by atoms with Gasteiger partial charge in [-0.15, -0.1) is 0 Å².